The summed E-state index contributed by atoms with van der Waals surface area (Å²) in [5, 5.41) is 2.92. The smallest absolute Gasteiger partial charge is 0.253 e. The molecule has 3 nitrogen and oxygen atoms in total. The predicted octanol–water partition coefficient (Wildman–Crippen LogP) is 2.74. The van der Waals surface area contributed by atoms with E-state index in [1.807, 2.05) is 19.1 Å². The molecule has 0 heterocycles. The van der Waals surface area contributed by atoms with Crippen LogP contribution in [0.1, 0.15) is 43.1 Å². The fourth-order valence-corrected chi connectivity index (χ4v) is 1.64. The van der Waals surface area contributed by atoms with Crippen molar-refractivity contribution in [2.45, 2.75) is 34.1 Å². The zero-order valence-electron chi connectivity index (χ0n) is 11.1. The Balaban J connectivity index is 2.65. The summed E-state index contributed by atoms with van der Waals surface area (Å²) in [6.45, 7) is 9.04. The Bertz CT molecular complexity index is 385. The van der Waals surface area contributed by atoms with E-state index in [9.17, 15) is 4.79 Å². The van der Waals surface area contributed by atoms with Crippen molar-refractivity contribution in [3.05, 3.63) is 29.3 Å². The van der Waals surface area contributed by atoms with Crippen LogP contribution in [0.25, 0.3) is 0 Å². The van der Waals surface area contributed by atoms with Crippen molar-refractivity contribution < 1.29 is 4.79 Å². The molecule has 0 aromatic heterocycles. The average molecular weight is 234 g/mol. The molecule has 3 heteroatoms. The fraction of sp³-hybridized carbons (Fsp3) is 0.500. The second-order valence-electron chi connectivity index (χ2n) is 5.61. The van der Waals surface area contributed by atoms with Crippen molar-refractivity contribution in [2.75, 3.05) is 12.3 Å². The van der Waals surface area contributed by atoms with Crippen LogP contribution in [-0.4, -0.2) is 12.5 Å². The predicted molar refractivity (Wildman–Crippen MR) is 72.0 cm³/mol. The minimum atomic E-state index is -0.0788. The molecule has 0 unspecified atom stereocenters. The van der Waals surface area contributed by atoms with Gasteiger partial charge in [0.05, 0.1) is 5.56 Å². The summed E-state index contributed by atoms with van der Waals surface area (Å²) in [6.07, 6.45) is 0.949. The van der Waals surface area contributed by atoms with Gasteiger partial charge in [0.1, 0.15) is 0 Å². The molecule has 0 saturated heterocycles. The molecule has 0 saturated carbocycles. The monoisotopic (exact) mass is 234 g/mol. The van der Waals surface area contributed by atoms with Crippen molar-refractivity contribution in [3.63, 3.8) is 0 Å². The zero-order chi connectivity index (χ0) is 13.1. The minimum Gasteiger partial charge on any atom is -0.398 e. The molecule has 3 N–H and O–H groups in total. The summed E-state index contributed by atoms with van der Waals surface area (Å²) in [6, 6.07) is 5.51. The number of aryl methyl sites for hydroxylation is 1. The number of nitrogens with two attached hydrogens (primary N) is 1. The highest BCUT2D eigenvalue weighted by molar-refractivity contribution is 6.00. The first-order valence-corrected chi connectivity index (χ1v) is 5.94. The quantitative estimate of drug-likeness (QED) is 0.790. The van der Waals surface area contributed by atoms with E-state index >= 15 is 0 Å². The Hall–Kier alpha value is -1.51. The molecule has 0 spiro atoms. The summed E-state index contributed by atoms with van der Waals surface area (Å²) in [4.78, 5) is 12.0. The summed E-state index contributed by atoms with van der Waals surface area (Å²) < 4.78 is 0. The maximum absolute atomic E-state index is 12.0. The van der Waals surface area contributed by atoms with Gasteiger partial charge in [0.2, 0.25) is 0 Å². The normalized spacial score (nSPS) is 11.3. The number of carbonyl (C=O) groups excluding carboxylic acids is 1. The molecule has 0 bridgehead atoms. The third-order valence-electron chi connectivity index (χ3n) is 2.69. The third kappa shape index (κ3) is 4.10. The largest absolute Gasteiger partial charge is 0.398 e. The highest BCUT2D eigenvalue weighted by atomic mass is 16.1. The molecule has 1 amide bonds. The van der Waals surface area contributed by atoms with Crippen molar-refractivity contribution in [3.8, 4) is 0 Å². The molecule has 0 aliphatic rings. The van der Waals surface area contributed by atoms with Gasteiger partial charge in [0.25, 0.3) is 5.91 Å². The zero-order valence-corrected chi connectivity index (χ0v) is 11.1. The summed E-state index contributed by atoms with van der Waals surface area (Å²) in [5.41, 5.74) is 8.10. The standard InChI is InChI=1S/C14H22N2O/c1-10-6-5-7-11(15)12(10)13(17)16-9-8-14(2,3)4/h5-7H,8-9,15H2,1-4H3,(H,16,17). The Morgan fingerprint density at radius 3 is 2.53 bits per heavy atom. The van der Waals surface area contributed by atoms with Crippen LogP contribution in [0.4, 0.5) is 5.69 Å². The van der Waals surface area contributed by atoms with E-state index in [4.69, 9.17) is 5.73 Å². The number of benzene rings is 1. The van der Waals surface area contributed by atoms with Crippen LogP contribution in [0.2, 0.25) is 0 Å². The number of rotatable bonds is 3. The Morgan fingerprint density at radius 2 is 2.00 bits per heavy atom. The lowest BCUT2D eigenvalue weighted by molar-refractivity contribution is 0.0950. The second kappa shape index (κ2) is 5.21. The lowest BCUT2D eigenvalue weighted by Crippen LogP contribution is -2.28. The van der Waals surface area contributed by atoms with Crippen LogP contribution in [-0.2, 0) is 0 Å². The van der Waals surface area contributed by atoms with Crippen LogP contribution in [0.15, 0.2) is 18.2 Å². The average Bonchev–Trinajstić information content (AvgIpc) is 2.15. The summed E-state index contributed by atoms with van der Waals surface area (Å²) in [5.74, 6) is -0.0788. The van der Waals surface area contributed by atoms with Gasteiger partial charge in [-0.25, -0.2) is 0 Å². The highest BCUT2D eigenvalue weighted by Gasteiger charge is 2.14. The van der Waals surface area contributed by atoms with Crippen LogP contribution < -0.4 is 11.1 Å². The van der Waals surface area contributed by atoms with Gasteiger partial charge in [-0.2, -0.15) is 0 Å². The first-order valence-electron chi connectivity index (χ1n) is 5.94. The molecule has 0 fully saturated rings. The van der Waals surface area contributed by atoms with Gasteiger partial charge in [-0.05, 0) is 30.4 Å². The third-order valence-corrected chi connectivity index (χ3v) is 2.69. The molecule has 0 aliphatic carbocycles. The Morgan fingerprint density at radius 1 is 1.35 bits per heavy atom. The summed E-state index contributed by atoms with van der Waals surface area (Å²) in [7, 11) is 0. The molecule has 1 aromatic carbocycles. The van der Waals surface area contributed by atoms with Crippen LogP contribution in [0.3, 0.4) is 0 Å². The van der Waals surface area contributed by atoms with E-state index in [-0.39, 0.29) is 11.3 Å². The summed E-state index contributed by atoms with van der Waals surface area (Å²) >= 11 is 0. The molecule has 17 heavy (non-hydrogen) atoms. The van der Waals surface area contributed by atoms with Crippen molar-refractivity contribution in [1.29, 1.82) is 0 Å². The topological polar surface area (TPSA) is 55.1 Å². The maximum Gasteiger partial charge on any atom is 0.253 e. The molecular formula is C14H22N2O. The molecule has 94 valence electrons. The van der Waals surface area contributed by atoms with E-state index in [1.54, 1.807) is 6.07 Å². The molecule has 1 aromatic rings. The van der Waals surface area contributed by atoms with Gasteiger partial charge in [0, 0.05) is 12.2 Å². The lowest BCUT2D eigenvalue weighted by Gasteiger charge is -2.18. The van der Waals surface area contributed by atoms with Crippen molar-refractivity contribution in [1.82, 2.24) is 5.32 Å². The number of amides is 1. The van der Waals surface area contributed by atoms with Crippen LogP contribution in [0, 0.1) is 12.3 Å². The highest BCUT2D eigenvalue weighted by Crippen LogP contribution is 2.18. The number of hydrogen-bond acceptors (Lipinski definition) is 2. The first kappa shape index (κ1) is 13.6. The van der Waals surface area contributed by atoms with Gasteiger partial charge in [-0.1, -0.05) is 32.9 Å². The van der Waals surface area contributed by atoms with E-state index in [0.717, 1.165) is 12.0 Å². The van der Waals surface area contributed by atoms with Gasteiger partial charge >= 0.3 is 0 Å². The van der Waals surface area contributed by atoms with Gasteiger partial charge in [-0.3, -0.25) is 4.79 Å². The van der Waals surface area contributed by atoms with E-state index in [0.29, 0.717) is 17.8 Å². The van der Waals surface area contributed by atoms with Crippen molar-refractivity contribution >= 4 is 11.6 Å². The minimum absolute atomic E-state index is 0.0788. The van der Waals surface area contributed by atoms with Gasteiger partial charge < -0.3 is 11.1 Å². The number of nitrogen functional groups attached to an aromatic ring is 1. The van der Waals surface area contributed by atoms with Crippen molar-refractivity contribution in [2.24, 2.45) is 5.41 Å². The van der Waals surface area contributed by atoms with Crippen LogP contribution >= 0.6 is 0 Å². The lowest BCUT2D eigenvalue weighted by atomic mass is 9.92. The molecule has 1 rings (SSSR count). The number of carbonyl (C=O) groups is 1. The fourth-order valence-electron chi connectivity index (χ4n) is 1.64. The number of nitrogens with one attached hydrogen (secondary N) is 1. The molecular weight excluding hydrogens is 212 g/mol. The second-order valence-corrected chi connectivity index (χ2v) is 5.61. The Kier molecular flexibility index (Phi) is 4.16. The number of anilines is 1. The van der Waals surface area contributed by atoms with E-state index in [1.165, 1.54) is 0 Å². The maximum atomic E-state index is 12.0. The van der Waals surface area contributed by atoms with E-state index in [2.05, 4.69) is 26.1 Å². The Labute approximate surface area is 103 Å². The SMILES string of the molecule is Cc1cccc(N)c1C(=O)NCCC(C)(C)C. The first-order chi connectivity index (χ1) is 7.81. The molecule has 0 atom stereocenters. The molecule has 0 aliphatic heterocycles. The van der Waals surface area contributed by atoms with Gasteiger partial charge in [0.15, 0.2) is 0 Å². The van der Waals surface area contributed by atoms with Crippen LogP contribution in [0.5, 0.6) is 0 Å². The molecule has 0 radical (unpaired) electrons. The number of hydrogen-bond donors (Lipinski definition) is 2. The van der Waals surface area contributed by atoms with E-state index < -0.39 is 0 Å². The van der Waals surface area contributed by atoms with Gasteiger partial charge in [-0.15, -0.1) is 0 Å².